The Hall–Kier alpha value is -2.47. The molecule has 0 atom stereocenters. The molecule has 2 aromatic rings. The maximum atomic E-state index is 5.40. The lowest BCUT2D eigenvalue weighted by atomic mass is 9.87. The highest BCUT2D eigenvalue weighted by Crippen LogP contribution is 2.38. The molecule has 0 amide bonds. The highest BCUT2D eigenvalue weighted by Gasteiger charge is 2.14. The van der Waals surface area contributed by atoms with Gasteiger partial charge in [0, 0.05) is 12.2 Å². The van der Waals surface area contributed by atoms with Crippen LogP contribution in [0.15, 0.2) is 36.4 Å². The van der Waals surface area contributed by atoms with Crippen molar-refractivity contribution in [1.82, 2.24) is 5.32 Å². The number of rotatable bonds is 6. The van der Waals surface area contributed by atoms with Gasteiger partial charge in [-0.25, -0.2) is 0 Å². The summed E-state index contributed by atoms with van der Waals surface area (Å²) in [5.41, 5.74) is 3.33. The van der Waals surface area contributed by atoms with Crippen LogP contribution < -0.4 is 24.8 Å². The number of hydrogen-bond donors (Lipinski definition) is 2. The Morgan fingerprint density at radius 1 is 0.926 bits per heavy atom. The molecule has 6 heteroatoms. The second-order valence-corrected chi connectivity index (χ2v) is 7.58. The lowest BCUT2D eigenvalue weighted by Crippen LogP contribution is -2.28. The van der Waals surface area contributed by atoms with E-state index in [1.165, 1.54) is 5.56 Å². The minimum atomic E-state index is 0.129. The van der Waals surface area contributed by atoms with Gasteiger partial charge in [-0.1, -0.05) is 32.9 Å². The van der Waals surface area contributed by atoms with Crippen molar-refractivity contribution in [1.29, 1.82) is 0 Å². The summed E-state index contributed by atoms with van der Waals surface area (Å²) in [6, 6.07) is 12.1. The van der Waals surface area contributed by atoms with Crippen LogP contribution in [-0.4, -0.2) is 26.4 Å². The van der Waals surface area contributed by atoms with E-state index in [-0.39, 0.29) is 5.41 Å². The quantitative estimate of drug-likeness (QED) is 0.711. The lowest BCUT2D eigenvalue weighted by Gasteiger charge is -2.19. The van der Waals surface area contributed by atoms with E-state index in [0.29, 0.717) is 28.9 Å². The Labute approximate surface area is 167 Å². The van der Waals surface area contributed by atoms with Crippen LogP contribution in [0.4, 0.5) is 5.69 Å². The van der Waals surface area contributed by atoms with Gasteiger partial charge >= 0.3 is 0 Å². The number of hydrogen-bond acceptors (Lipinski definition) is 4. The molecule has 146 valence electrons. The third-order valence-electron chi connectivity index (χ3n) is 4.19. The third-order valence-corrected chi connectivity index (χ3v) is 4.43. The van der Waals surface area contributed by atoms with Crippen molar-refractivity contribution in [2.75, 3.05) is 26.6 Å². The summed E-state index contributed by atoms with van der Waals surface area (Å²) in [7, 11) is 4.78. The topological polar surface area (TPSA) is 51.8 Å². The monoisotopic (exact) mass is 388 g/mol. The number of nitrogens with one attached hydrogen (secondary N) is 2. The summed E-state index contributed by atoms with van der Waals surface area (Å²) in [6.45, 7) is 7.11. The Kier molecular flexibility index (Phi) is 6.91. The molecule has 0 bridgehead atoms. The predicted molar refractivity (Wildman–Crippen MR) is 114 cm³/mol. The van der Waals surface area contributed by atoms with E-state index < -0.39 is 0 Å². The molecule has 0 radical (unpaired) electrons. The molecule has 0 unspecified atom stereocenters. The summed E-state index contributed by atoms with van der Waals surface area (Å²) < 4.78 is 16.1. The number of ether oxygens (including phenoxy) is 3. The predicted octanol–water partition coefficient (Wildman–Crippen LogP) is 4.50. The second-order valence-electron chi connectivity index (χ2n) is 7.17. The van der Waals surface area contributed by atoms with E-state index in [1.807, 2.05) is 24.3 Å². The first-order chi connectivity index (χ1) is 12.8. The number of thiocarbonyl (C=S) groups is 1. The number of methoxy groups -OCH3 is 3. The van der Waals surface area contributed by atoms with Gasteiger partial charge in [-0.2, -0.15) is 0 Å². The Bertz CT molecular complexity index is 758. The molecule has 0 aliphatic rings. The SMILES string of the molecule is COc1cc(CNC(=S)Nc2ccc(C(C)(C)C)cc2)cc(OC)c1OC. The highest BCUT2D eigenvalue weighted by atomic mass is 32.1. The number of anilines is 1. The Morgan fingerprint density at radius 2 is 1.48 bits per heavy atom. The van der Waals surface area contributed by atoms with Gasteiger partial charge in [0.1, 0.15) is 0 Å². The molecule has 2 N–H and O–H groups in total. The fourth-order valence-corrected chi connectivity index (χ4v) is 2.84. The van der Waals surface area contributed by atoms with Crippen molar-refractivity contribution in [2.45, 2.75) is 32.7 Å². The van der Waals surface area contributed by atoms with Crippen molar-refractivity contribution in [3.05, 3.63) is 47.5 Å². The maximum Gasteiger partial charge on any atom is 0.203 e. The molecular formula is C21H28N2O3S. The fourth-order valence-electron chi connectivity index (χ4n) is 2.65. The van der Waals surface area contributed by atoms with Gasteiger partial charge in [0.15, 0.2) is 16.6 Å². The summed E-state index contributed by atoms with van der Waals surface area (Å²) in [6.07, 6.45) is 0. The Balaban J connectivity index is 2.01. The zero-order chi connectivity index (χ0) is 20.0. The van der Waals surface area contributed by atoms with Crippen molar-refractivity contribution in [3.8, 4) is 17.2 Å². The van der Waals surface area contributed by atoms with E-state index in [2.05, 4.69) is 43.5 Å². The summed E-state index contributed by atoms with van der Waals surface area (Å²) in [4.78, 5) is 0. The molecule has 0 aliphatic carbocycles. The second kappa shape index (κ2) is 8.95. The fraction of sp³-hybridized carbons (Fsp3) is 0.381. The zero-order valence-corrected chi connectivity index (χ0v) is 17.6. The first-order valence-corrected chi connectivity index (χ1v) is 9.13. The molecule has 0 saturated carbocycles. The van der Waals surface area contributed by atoms with Crippen LogP contribution in [0.5, 0.6) is 17.2 Å². The average Bonchev–Trinajstić information content (AvgIpc) is 2.65. The van der Waals surface area contributed by atoms with Crippen molar-refractivity contribution >= 4 is 23.0 Å². The van der Waals surface area contributed by atoms with Crippen LogP contribution in [-0.2, 0) is 12.0 Å². The number of benzene rings is 2. The lowest BCUT2D eigenvalue weighted by molar-refractivity contribution is 0.323. The highest BCUT2D eigenvalue weighted by molar-refractivity contribution is 7.80. The maximum absolute atomic E-state index is 5.40. The average molecular weight is 389 g/mol. The largest absolute Gasteiger partial charge is 0.493 e. The van der Waals surface area contributed by atoms with Crippen LogP contribution in [0.3, 0.4) is 0 Å². The molecule has 2 rings (SSSR count). The van der Waals surface area contributed by atoms with Gasteiger partial charge in [0.05, 0.1) is 21.3 Å². The molecule has 0 saturated heterocycles. The Morgan fingerprint density at radius 3 is 1.93 bits per heavy atom. The van der Waals surface area contributed by atoms with Crippen LogP contribution >= 0.6 is 12.2 Å². The normalized spacial score (nSPS) is 10.9. The van der Waals surface area contributed by atoms with Crippen LogP contribution in [0, 0.1) is 0 Å². The molecule has 0 spiro atoms. The van der Waals surface area contributed by atoms with Gasteiger partial charge in [0.25, 0.3) is 0 Å². The molecule has 27 heavy (non-hydrogen) atoms. The minimum Gasteiger partial charge on any atom is -0.493 e. The standard InChI is InChI=1S/C21H28N2O3S/c1-21(2,3)15-7-9-16(10-8-15)23-20(27)22-13-14-11-17(24-4)19(26-6)18(12-14)25-5/h7-12H,13H2,1-6H3,(H2,22,23,27). The van der Waals surface area contributed by atoms with Gasteiger partial charge in [-0.05, 0) is 53.0 Å². The van der Waals surface area contributed by atoms with Crippen molar-refractivity contribution < 1.29 is 14.2 Å². The van der Waals surface area contributed by atoms with Crippen molar-refractivity contribution in [2.24, 2.45) is 0 Å². The third kappa shape index (κ3) is 5.50. The van der Waals surface area contributed by atoms with Crippen molar-refractivity contribution in [3.63, 3.8) is 0 Å². The minimum absolute atomic E-state index is 0.129. The molecular weight excluding hydrogens is 360 g/mol. The van der Waals surface area contributed by atoms with Gasteiger partial charge in [-0.3, -0.25) is 0 Å². The van der Waals surface area contributed by atoms with Gasteiger partial charge in [-0.15, -0.1) is 0 Å². The van der Waals surface area contributed by atoms with Gasteiger partial charge in [0.2, 0.25) is 5.75 Å². The van der Waals surface area contributed by atoms with Crippen LogP contribution in [0.25, 0.3) is 0 Å². The first kappa shape index (κ1) is 20.8. The van der Waals surface area contributed by atoms with Crippen LogP contribution in [0.1, 0.15) is 31.9 Å². The summed E-state index contributed by atoms with van der Waals surface area (Å²) >= 11 is 5.40. The van der Waals surface area contributed by atoms with E-state index >= 15 is 0 Å². The summed E-state index contributed by atoms with van der Waals surface area (Å²) in [5.74, 6) is 1.80. The van der Waals surface area contributed by atoms with Crippen LogP contribution in [0.2, 0.25) is 0 Å². The van der Waals surface area contributed by atoms with E-state index in [0.717, 1.165) is 11.3 Å². The summed E-state index contributed by atoms with van der Waals surface area (Å²) in [5, 5.41) is 6.95. The molecule has 2 aromatic carbocycles. The molecule has 0 aromatic heterocycles. The van der Waals surface area contributed by atoms with E-state index in [9.17, 15) is 0 Å². The van der Waals surface area contributed by atoms with Gasteiger partial charge < -0.3 is 24.8 Å². The molecule has 0 aliphatic heterocycles. The first-order valence-electron chi connectivity index (χ1n) is 8.72. The van der Waals surface area contributed by atoms with E-state index in [4.69, 9.17) is 26.4 Å². The molecule has 0 fully saturated rings. The molecule has 5 nitrogen and oxygen atoms in total. The molecule has 0 heterocycles. The van der Waals surface area contributed by atoms with E-state index in [1.54, 1.807) is 21.3 Å². The smallest absolute Gasteiger partial charge is 0.203 e. The zero-order valence-electron chi connectivity index (χ0n) is 16.8.